The normalized spacial score (nSPS) is 17.3. The third kappa shape index (κ3) is 2.74. The van der Waals surface area contributed by atoms with Crippen molar-refractivity contribution in [1.82, 2.24) is 4.98 Å². The average Bonchev–Trinajstić information content (AvgIpc) is 2.21. The molecule has 0 spiro atoms. The minimum atomic E-state index is -0.358. The zero-order valence-corrected chi connectivity index (χ0v) is 9.86. The highest BCUT2D eigenvalue weighted by molar-refractivity contribution is 5.91. The molecule has 1 aromatic heterocycles. The van der Waals surface area contributed by atoms with E-state index in [1.165, 1.54) is 6.07 Å². The summed E-state index contributed by atoms with van der Waals surface area (Å²) < 4.78 is 0. The van der Waals surface area contributed by atoms with Gasteiger partial charge in [0.2, 0.25) is 5.91 Å². The first-order valence-corrected chi connectivity index (χ1v) is 5.74. The SMILES string of the molecule is Cc1ccc(O)c(NC(=O)CC2(N)CCC2)n1. The van der Waals surface area contributed by atoms with Gasteiger partial charge in [-0.05, 0) is 38.3 Å². The molecule has 1 fully saturated rings. The molecule has 17 heavy (non-hydrogen) atoms. The highest BCUT2D eigenvalue weighted by atomic mass is 16.3. The Bertz CT molecular complexity index is 441. The predicted octanol–water partition coefficient (Wildman–Crippen LogP) is 1.31. The summed E-state index contributed by atoms with van der Waals surface area (Å²) in [6, 6.07) is 3.20. The van der Waals surface area contributed by atoms with Gasteiger partial charge >= 0.3 is 0 Å². The molecule has 1 aliphatic carbocycles. The Morgan fingerprint density at radius 2 is 2.29 bits per heavy atom. The van der Waals surface area contributed by atoms with E-state index in [0.29, 0.717) is 0 Å². The summed E-state index contributed by atoms with van der Waals surface area (Å²) in [6.45, 7) is 1.80. The van der Waals surface area contributed by atoms with E-state index in [0.717, 1.165) is 25.0 Å². The number of aryl methyl sites for hydroxylation is 1. The highest BCUT2D eigenvalue weighted by Crippen LogP contribution is 2.32. The van der Waals surface area contributed by atoms with Gasteiger partial charge in [0.15, 0.2) is 11.6 Å². The third-order valence-electron chi connectivity index (χ3n) is 3.13. The first-order valence-electron chi connectivity index (χ1n) is 5.74. The number of nitrogens with two attached hydrogens (primary N) is 1. The lowest BCUT2D eigenvalue weighted by Gasteiger charge is -2.37. The van der Waals surface area contributed by atoms with Crippen LogP contribution in [0.4, 0.5) is 5.82 Å². The smallest absolute Gasteiger partial charge is 0.227 e. The summed E-state index contributed by atoms with van der Waals surface area (Å²) in [5, 5.41) is 12.1. The number of hydrogen-bond donors (Lipinski definition) is 3. The van der Waals surface area contributed by atoms with Crippen LogP contribution in [0.15, 0.2) is 12.1 Å². The largest absolute Gasteiger partial charge is 0.504 e. The van der Waals surface area contributed by atoms with E-state index in [9.17, 15) is 9.90 Å². The van der Waals surface area contributed by atoms with Crippen molar-refractivity contribution in [3.63, 3.8) is 0 Å². The number of nitrogens with zero attached hydrogens (tertiary/aromatic N) is 1. The summed E-state index contributed by atoms with van der Waals surface area (Å²) in [6.07, 6.45) is 3.13. The van der Waals surface area contributed by atoms with Gasteiger partial charge in [-0.15, -0.1) is 0 Å². The van der Waals surface area contributed by atoms with Crippen LogP contribution < -0.4 is 11.1 Å². The second kappa shape index (κ2) is 4.33. The summed E-state index contributed by atoms with van der Waals surface area (Å²) in [5.41, 5.74) is 6.36. The zero-order chi connectivity index (χ0) is 12.5. The molecule has 0 atom stereocenters. The third-order valence-corrected chi connectivity index (χ3v) is 3.13. The second-order valence-corrected chi connectivity index (χ2v) is 4.76. The topological polar surface area (TPSA) is 88.2 Å². The fraction of sp³-hybridized carbons (Fsp3) is 0.500. The molecule has 0 bridgehead atoms. The van der Waals surface area contributed by atoms with Crippen molar-refractivity contribution in [3.8, 4) is 5.75 Å². The van der Waals surface area contributed by atoms with Crippen molar-refractivity contribution in [2.45, 2.75) is 38.1 Å². The van der Waals surface area contributed by atoms with Gasteiger partial charge in [0, 0.05) is 17.7 Å². The molecule has 0 radical (unpaired) electrons. The number of carbonyl (C=O) groups excluding carboxylic acids is 1. The Morgan fingerprint density at radius 1 is 1.59 bits per heavy atom. The molecule has 0 aromatic carbocycles. The van der Waals surface area contributed by atoms with Crippen molar-refractivity contribution in [2.75, 3.05) is 5.32 Å². The maximum absolute atomic E-state index is 11.7. The molecular formula is C12H17N3O2. The highest BCUT2D eigenvalue weighted by Gasteiger charge is 2.34. The van der Waals surface area contributed by atoms with E-state index >= 15 is 0 Å². The van der Waals surface area contributed by atoms with Crippen LogP contribution >= 0.6 is 0 Å². The van der Waals surface area contributed by atoms with Gasteiger partial charge in [0.05, 0.1) is 0 Å². The van der Waals surface area contributed by atoms with Crippen LogP contribution in [-0.4, -0.2) is 21.5 Å². The van der Waals surface area contributed by atoms with Gasteiger partial charge in [-0.3, -0.25) is 4.79 Å². The zero-order valence-electron chi connectivity index (χ0n) is 9.86. The standard InChI is InChI=1S/C12H17N3O2/c1-8-3-4-9(16)11(14-8)15-10(17)7-12(13)5-2-6-12/h3-4,16H,2,5-7,13H2,1H3,(H,14,15,17). The molecule has 1 heterocycles. The predicted molar refractivity (Wildman–Crippen MR) is 64.7 cm³/mol. The van der Waals surface area contributed by atoms with Crippen molar-refractivity contribution in [2.24, 2.45) is 5.73 Å². The van der Waals surface area contributed by atoms with E-state index < -0.39 is 0 Å². The lowest BCUT2D eigenvalue weighted by atomic mass is 9.75. The number of hydrogen-bond acceptors (Lipinski definition) is 4. The van der Waals surface area contributed by atoms with E-state index in [2.05, 4.69) is 10.3 Å². The van der Waals surface area contributed by atoms with Crippen LogP contribution in [0.2, 0.25) is 0 Å². The number of aromatic hydroxyl groups is 1. The van der Waals surface area contributed by atoms with Crippen molar-refractivity contribution < 1.29 is 9.90 Å². The van der Waals surface area contributed by atoms with Crippen LogP contribution in [0, 0.1) is 6.92 Å². The second-order valence-electron chi connectivity index (χ2n) is 4.76. The fourth-order valence-corrected chi connectivity index (χ4v) is 1.95. The quantitative estimate of drug-likeness (QED) is 0.737. The average molecular weight is 235 g/mol. The van der Waals surface area contributed by atoms with E-state index in [4.69, 9.17) is 5.73 Å². The monoisotopic (exact) mass is 235 g/mol. The maximum atomic E-state index is 11.7. The summed E-state index contributed by atoms with van der Waals surface area (Å²) in [5.74, 6) is -0.0119. The van der Waals surface area contributed by atoms with Crippen molar-refractivity contribution in [3.05, 3.63) is 17.8 Å². The van der Waals surface area contributed by atoms with E-state index in [1.54, 1.807) is 13.0 Å². The summed E-state index contributed by atoms with van der Waals surface area (Å²) in [7, 11) is 0. The number of amides is 1. The molecule has 1 saturated carbocycles. The van der Waals surface area contributed by atoms with Gasteiger partial charge < -0.3 is 16.2 Å². The van der Waals surface area contributed by atoms with Gasteiger partial charge in [0.1, 0.15) is 0 Å². The Labute approximate surface area is 100 Å². The molecule has 0 aliphatic heterocycles. The lowest BCUT2D eigenvalue weighted by Crippen LogP contribution is -2.49. The summed E-state index contributed by atoms with van der Waals surface area (Å²) in [4.78, 5) is 15.8. The van der Waals surface area contributed by atoms with Crippen molar-refractivity contribution in [1.29, 1.82) is 0 Å². The van der Waals surface area contributed by atoms with E-state index in [-0.39, 0.29) is 29.4 Å². The Balaban J connectivity index is 2.00. The van der Waals surface area contributed by atoms with Gasteiger partial charge in [0.25, 0.3) is 0 Å². The molecule has 1 aromatic rings. The van der Waals surface area contributed by atoms with Crippen molar-refractivity contribution >= 4 is 11.7 Å². The molecule has 4 N–H and O–H groups in total. The first-order chi connectivity index (χ1) is 7.98. The minimum Gasteiger partial charge on any atom is -0.504 e. The molecule has 5 nitrogen and oxygen atoms in total. The minimum absolute atomic E-state index is 0.0244. The van der Waals surface area contributed by atoms with Gasteiger partial charge in [-0.25, -0.2) is 4.98 Å². The number of carbonyl (C=O) groups is 1. The fourth-order valence-electron chi connectivity index (χ4n) is 1.95. The molecule has 1 amide bonds. The molecule has 5 heteroatoms. The first kappa shape index (κ1) is 11.9. The number of anilines is 1. The molecule has 92 valence electrons. The maximum Gasteiger partial charge on any atom is 0.227 e. The van der Waals surface area contributed by atoms with E-state index in [1.807, 2.05) is 0 Å². The van der Waals surface area contributed by atoms with Crippen LogP contribution in [0.3, 0.4) is 0 Å². The Hall–Kier alpha value is -1.62. The molecule has 0 saturated heterocycles. The molecular weight excluding hydrogens is 218 g/mol. The number of rotatable bonds is 3. The van der Waals surface area contributed by atoms with Crippen LogP contribution in [0.5, 0.6) is 5.75 Å². The number of nitrogens with one attached hydrogen (secondary N) is 1. The number of aromatic nitrogens is 1. The summed E-state index contributed by atoms with van der Waals surface area (Å²) >= 11 is 0. The molecule has 2 rings (SSSR count). The Morgan fingerprint density at radius 3 is 2.88 bits per heavy atom. The van der Waals surface area contributed by atoms with Gasteiger partial charge in [-0.1, -0.05) is 0 Å². The van der Waals surface area contributed by atoms with Crippen LogP contribution in [-0.2, 0) is 4.79 Å². The number of pyridine rings is 1. The van der Waals surface area contributed by atoms with Crippen LogP contribution in [0.25, 0.3) is 0 Å². The van der Waals surface area contributed by atoms with Crippen LogP contribution in [0.1, 0.15) is 31.4 Å². The molecule has 0 unspecified atom stereocenters. The molecule has 1 aliphatic rings. The van der Waals surface area contributed by atoms with Gasteiger partial charge in [-0.2, -0.15) is 0 Å². The Kier molecular flexibility index (Phi) is 3.02. The lowest BCUT2D eigenvalue weighted by molar-refractivity contribution is -0.118.